The molecule has 1 saturated heterocycles. The molecule has 0 saturated carbocycles. The molecular formula is C17H19N5O. The molecule has 6 heteroatoms. The van der Waals surface area contributed by atoms with E-state index in [1.807, 2.05) is 6.07 Å². The maximum absolute atomic E-state index is 12.1. The van der Waals surface area contributed by atoms with Crippen LogP contribution in [-0.4, -0.2) is 37.7 Å². The Kier molecular flexibility index (Phi) is 3.46. The van der Waals surface area contributed by atoms with Crippen LogP contribution in [0.3, 0.4) is 0 Å². The summed E-state index contributed by atoms with van der Waals surface area (Å²) in [6.07, 6.45) is 2.70. The molecule has 1 N–H and O–H groups in total. The molecule has 1 aliphatic rings. The first-order valence-electron chi connectivity index (χ1n) is 7.89. The molecule has 0 bridgehead atoms. The fourth-order valence-corrected chi connectivity index (χ4v) is 3.34. The van der Waals surface area contributed by atoms with E-state index in [1.165, 1.54) is 5.56 Å². The number of nitrogens with one attached hydrogen (secondary N) is 1. The number of rotatable bonds is 3. The Balaban J connectivity index is 1.53. The van der Waals surface area contributed by atoms with Gasteiger partial charge in [-0.3, -0.25) is 14.4 Å². The lowest BCUT2D eigenvalue weighted by molar-refractivity contribution is 0.318. The van der Waals surface area contributed by atoms with Crippen LogP contribution in [0.15, 0.2) is 41.3 Å². The molecule has 0 amide bonds. The molecule has 1 fully saturated rings. The van der Waals surface area contributed by atoms with Crippen molar-refractivity contribution in [2.75, 3.05) is 13.1 Å². The van der Waals surface area contributed by atoms with Crippen LogP contribution in [-0.2, 0) is 13.6 Å². The average Bonchev–Trinajstić information content (AvgIpc) is 3.16. The van der Waals surface area contributed by atoms with E-state index in [9.17, 15) is 4.79 Å². The molecule has 118 valence electrons. The molecule has 3 aromatic rings. The van der Waals surface area contributed by atoms with Crippen LogP contribution in [0.2, 0.25) is 0 Å². The van der Waals surface area contributed by atoms with Crippen molar-refractivity contribution in [3.05, 3.63) is 58.3 Å². The Morgan fingerprint density at radius 3 is 2.96 bits per heavy atom. The van der Waals surface area contributed by atoms with Gasteiger partial charge < -0.3 is 4.98 Å². The van der Waals surface area contributed by atoms with Crippen LogP contribution in [0.1, 0.15) is 23.7 Å². The van der Waals surface area contributed by atoms with Crippen LogP contribution in [0.5, 0.6) is 0 Å². The van der Waals surface area contributed by atoms with Crippen molar-refractivity contribution in [1.82, 2.24) is 24.6 Å². The van der Waals surface area contributed by atoms with E-state index in [4.69, 9.17) is 0 Å². The molecular weight excluding hydrogens is 290 g/mol. The van der Waals surface area contributed by atoms with E-state index in [0.29, 0.717) is 29.3 Å². The summed E-state index contributed by atoms with van der Waals surface area (Å²) in [6.45, 7) is 2.68. The lowest BCUT2D eigenvalue weighted by Crippen LogP contribution is -2.23. The molecule has 0 aliphatic carbocycles. The van der Waals surface area contributed by atoms with Crippen molar-refractivity contribution in [1.29, 1.82) is 0 Å². The van der Waals surface area contributed by atoms with Gasteiger partial charge in [0.15, 0.2) is 5.65 Å². The molecule has 0 spiro atoms. The van der Waals surface area contributed by atoms with Gasteiger partial charge in [-0.2, -0.15) is 5.10 Å². The lowest BCUT2D eigenvalue weighted by atomic mass is 9.99. The zero-order chi connectivity index (χ0) is 15.8. The standard InChI is InChI=1S/C17H19N5O/c1-21-16-14(9-18-21)17(23)20-15(19-16)11-22-8-7-13(10-22)12-5-3-2-4-6-12/h2-6,9,13H,7-8,10-11H2,1H3,(H,19,20,23)/t13-/m1/s1. The first-order chi connectivity index (χ1) is 11.2. The maximum Gasteiger partial charge on any atom is 0.262 e. The number of aryl methyl sites for hydroxylation is 1. The lowest BCUT2D eigenvalue weighted by Gasteiger charge is -2.15. The van der Waals surface area contributed by atoms with E-state index >= 15 is 0 Å². The van der Waals surface area contributed by atoms with E-state index in [2.05, 4.69) is 44.2 Å². The molecule has 1 aliphatic heterocycles. The number of benzene rings is 1. The van der Waals surface area contributed by atoms with Gasteiger partial charge in [0, 0.05) is 13.6 Å². The minimum absolute atomic E-state index is 0.114. The molecule has 6 nitrogen and oxygen atoms in total. The summed E-state index contributed by atoms with van der Waals surface area (Å²) >= 11 is 0. The molecule has 0 unspecified atom stereocenters. The third-order valence-electron chi connectivity index (χ3n) is 4.57. The van der Waals surface area contributed by atoms with Gasteiger partial charge in [0.1, 0.15) is 11.2 Å². The fraction of sp³-hybridized carbons (Fsp3) is 0.353. The van der Waals surface area contributed by atoms with E-state index < -0.39 is 0 Å². The highest BCUT2D eigenvalue weighted by Gasteiger charge is 2.24. The van der Waals surface area contributed by atoms with Crippen molar-refractivity contribution in [2.45, 2.75) is 18.9 Å². The van der Waals surface area contributed by atoms with Gasteiger partial charge in [0.05, 0.1) is 12.7 Å². The first-order valence-corrected chi connectivity index (χ1v) is 7.89. The van der Waals surface area contributed by atoms with Crippen LogP contribution >= 0.6 is 0 Å². The predicted molar refractivity (Wildman–Crippen MR) is 88.2 cm³/mol. The first kappa shape index (κ1) is 14.1. The summed E-state index contributed by atoms with van der Waals surface area (Å²) in [4.78, 5) is 21.9. The van der Waals surface area contributed by atoms with Gasteiger partial charge in [0.2, 0.25) is 0 Å². The van der Waals surface area contributed by atoms with Crippen molar-refractivity contribution < 1.29 is 0 Å². The minimum Gasteiger partial charge on any atom is -0.309 e. The topological polar surface area (TPSA) is 66.8 Å². The van der Waals surface area contributed by atoms with Crippen molar-refractivity contribution in [3.8, 4) is 0 Å². The molecule has 1 aromatic carbocycles. The number of aromatic amines is 1. The number of hydrogen-bond acceptors (Lipinski definition) is 4. The Hall–Kier alpha value is -2.47. The van der Waals surface area contributed by atoms with Crippen LogP contribution in [0, 0.1) is 0 Å². The van der Waals surface area contributed by atoms with Gasteiger partial charge >= 0.3 is 0 Å². The van der Waals surface area contributed by atoms with Gasteiger partial charge in [0.25, 0.3) is 5.56 Å². The Morgan fingerprint density at radius 1 is 1.30 bits per heavy atom. The number of aromatic nitrogens is 4. The molecule has 23 heavy (non-hydrogen) atoms. The van der Waals surface area contributed by atoms with Gasteiger partial charge in [-0.25, -0.2) is 4.98 Å². The number of hydrogen-bond donors (Lipinski definition) is 1. The number of H-pyrrole nitrogens is 1. The second-order valence-electron chi connectivity index (χ2n) is 6.15. The minimum atomic E-state index is -0.114. The fourth-order valence-electron chi connectivity index (χ4n) is 3.34. The molecule has 4 rings (SSSR count). The molecule has 0 radical (unpaired) electrons. The van der Waals surface area contributed by atoms with Crippen molar-refractivity contribution >= 4 is 11.0 Å². The van der Waals surface area contributed by atoms with Gasteiger partial charge in [-0.15, -0.1) is 0 Å². The number of nitrogens with zero attached hydrogens (tertiary/aromatic N) is 4. The summed E-state index contributed by atoms with van der Waals surface area (Å²) in [5.74, 6) is 1.27. The highest BCUT2D eigenvalue weighted by Crippen LogP contribution is 2.27. The molecule has 2 aromatic heterocycles. The van der Waals surface area contributed by atoms with E-state index in [1.54, 1.807) is 17.9 Å². The summed E-state index contributed by atoms with van der Waals surface area (Å²) < 4.78 is 1.64. The molecule has 3 heterocycles. The Bertz CT molecular complexity index is 883. The molecule has 1 atom stereocenters. The SMILES string of the molecule is Cn1ncc2c(=O)[nH]c(CN3CC[C@@H](c4ccccc4)C3)nc21. The predicted octanol–water partition coefficient (Wildman–Crippen LogP) is 1.65. The summed E-state index contributed by atoms with van der Waals surface area (Å²) in [7, 11) is 1.81. The smallest absolute Gasteiger partial charge is 0.262 e. The highest BCUT2D eigenvalue weighted by molar-refractivity contribution is 5.72. The van der Waals surface area contributed by atoms with Crippen LogP contribution < -0.4 is 5.56 Å². The van der Waals surface area contributed by atoms with Gasteiger partial charge in [-0.05, 0) is 24.4 Å². The third kappa shape index (κ3) is 2.66. The Morgan fingerprint density at radius 2 is 2.13 bits per heavy atom. The summed E-state index contributed by atoms with van der Waals surface area (Å²) in [6, 6.07) is 10.6. The van der Waals surface area contributed by atoms with Crippen molar-refractivity contribution in [2.24, 2.45) is 7.05 Å². The Labute approximate surface area is 133 Å². The monoisotopic (exact) mass is 309 g/mol. The van der Waals surface area contributed by atoms with Gasteiger partial charge in [-0.1, -0.05) is 30.3 Å². The highest BCUT2D eigenvalue weighted by atomic mass is 16.1. The zero-order valence-electron chi connectivity index (χ0n) is 13.1. The van der Waals surface area contributed by atoms with Crippen LogP contribution in [0.4, 0.5) is 0 Å². The quantitative estimate of drug-likeness (QED) is 0.799. The third-order valence-corrected chi connectivity index (χ3v) is 4.57. The second-order valence-corrected chi connectivity index (χ2v) is 6.15. The van der Waals surface area contributed by atoms with Crippen LogP contribution in [0.25, 0.3) is 11.0 Å². The maximum atomic E-state index is 12.1. The van der Waals surface area contributed by atoms with E-state index in [-0.39, 0.29) is 5.56 Å². The summed E-state index contributed by atoms with van der Waals surface area (Å²) in [5, 5.41) is 4.64. The largest absolute Gasteiger partial charge is 0.309 e. The number of fused-ring (bicyclic) bond motifs is 1. The average molecular weight is 309 g/mol. The number of likely N-dealkylation sites (tertiary alicyclic amines) is 1. The normalized spacial score (nSPS) is 18.7. The second kappa shape index (κ2) is 5.62. The summed E-state index contributed by atoms with van der Waals surface area (Å²) in [5.41, 5.74) is 1.91. The zero-order valence-corrected chi connectivity index (χ0v) is 13.1. The van der Waals surface area contributed by atoms with Crippen molar-refractivity contribution in [3.63, 3.8) is 0 Å². The van der Waals surface area contributed by atoms with E-state index in [0.717, 1.165) is 19.5 Å².